The molecule has 0 saturated heterocycles. The molecule has 1 N–H and O–H groups in total. The lowest BCUT2D eigenvalue weighted by Gasteiger charge is -2.06. The second-order valence-corrected chi connectivity index (χ2v) is 6.80. The Hall–Kier alpha value is -2.89. The van der Waals surface area contributed by atoms with Crippen LogP contribution in [0.1, 0.15) is 0 Å². The molecular weight excluding hydrogens is 369 g/mol. The van der Waals surface area contributed by atoms with E-state index in [9.17, 15) is 0 Å². The molecule has 0 saturated carbocycles. The number of halogens is 2. The van der Waals surface area contributed by atoms with Gasteiger partial charge in [0.15, 0.2) is 5.82 Å². The van der Waals surface area contributed by atoms with E-state index in [1.165, 1.54) is 0 Å². The summed E-state index contributed by atoms with van der Waals surface area (Å²) in [6, 6.07) is 17.8. The first-order chi connectivity index (χ1) is 12.7. The number of nitrogens with zero attached hydrogens (tertiary/aromatic N) is 4. The predicted molar refractivity (Wildman–Crippen MR) is 104 cm³/mol. The Balaban J connectivity index is 1.72. The lowest BCUT2D eigenvalue weighted by molar-refractivity contribution is 0.792. The van der Waals surface area contributed by atoms with Crippen molar-refractivity contribution in [1.82, 2.24) is 25.2 Å². The van der Waals surface area contributed by atoms with E-state index < -0.39 is 0 Å². The Morgan fingerprint density at radius 2 is 1.77 bits per heavy atom. The molecule has 0 aliphatic rings. The Kier molecular flexibility index (Phi) is 3.45. The molecule has 2 heterocycles. The van der Waals surface area contributed by atoms with Crippen LogP contribution in [-0.4, -0.2) is 25.2 Å². The van der Waals surface area contributed by atoms with Crippen LogP contribution in [0, 0.1) is 0 Å². The number of tetrazole rings is 1. The predicted octanol–water partition coefficient (Wildman–Crippen LogP) is 5.27. The number of rotatable bonds is 2. The Bertz CT molecular complexity index is 1270. The monoisotopic (exact) mass is 379 g/mol. The van der Waals surface area contributed by atoms with Crippen molar-refractivity contribution in [2.75, 3.05) is 0 Å². The topological polar surface area (TPSA) is 59.4 Å². The molecule has 26 heavy (non-hydrogen) atoms. The fourth-order valence-corrected chi connectivity index (χ4v) is 3.73. The van der Waals surface area contributed by atoms with Gasteiger partial charge in [0, 0.05) is 22.2 Å². The van der Waals surface area contributed by atoms with E-state index in [1.807, 2.05) is 30.5 Å². The van der Waals surface area contributed by atoms with Crippen LogP contribution in [0.15, 0.2) is 60.8 Å². The van der Waals surface area contributed by atoms with E-state index in [0.29, 0.717) is 15.9 Å². The van der Waals surface area contributed by atoms with Gasteiger partial charge in [-0.2, -0.15) is 4.68 Å². The number of hydrogen-bond acceptors (Lipinski definition) is 3. The van der Waals surface area contributed by atoms with Crippen molar-refractivity contribution in [3.05, 3.63) is 70.8 Å². The van der Waals surface area contributed by atoms with Crippen molar-refractivity contribution in [3.63, 3.8) is 0 Å². The summed E-state index contributed by atoms with van der Waals surface area (Å²) in [6.07, 6.45) is 1.84. The molecule has 0 aliphatic heterocycles. The van der Waals surface area contributed by atoms with Gasteiger partial charge in [-0.3, -0.25) is 0 Å². The molecule has 5 nitrogen and oxygen atoms in total. The number of aromatic amines is 1. The molecule has 5 aromatic rings. The number of nitrogens with one attached hydrogen (secondary N) is 1. The van der Waals surface area contributed by atoms with Crippen LogP contribution in [0.4, 0.5) is 0 Å². The second kappa shape index (κ2) is 5.83. The Morgan fingerprint density at radius 1 is 0.923 bits per heavy atom. The van der Waals surface area contributed by atoms with Crippen molar-refractivity contribution >= 4 is 44.9 Å². The average molecular weight is 380 g/mol. The van der Waals surface area contributed by atoms with E-state index >= 15 is 0 Å². The van der Waals surface area contributed by atoms with Crippen LogP contribution in [0.25, 0.3) is 38.8 Å². The van der Waals surface area contributed by atoms with Gasteiger partial charge in [-0.15, -0.1) is 5.10 Å². The van der Waals surface area contributed by atoms with Crippen LogP contribution >= 0.6 is 23.2 Å². The molecule has 0 bridgehead atoms. The van der Waals surface area contributed by atoms with Gasteiger partial charge >= 0.3 is 0 Å². The smallest absolute Gasteiger partial charge is 0.189 e. The van der Waals surface area contributed by atoms with Crippen LogP contribution in [0.2, 0.25) is 10.0 Å². The molecule has 0 atom stereocenters. The zero-order valence-corrected chi connectivity index (χ0v) is 14.8. The third-order valence-corrected chi connectivity index (χ3v) is 4.91. The maximum Gasteiger partial charge on any atom is 0.189 e. The van der Waals surface area contributed by atoms with E-state index in [-0.39, 0.29) is 0 Å². The molecule has 0 radical (unpaired) electrons. The summed E-state index contributed by atoms with van der Waals surface area (Å²) in [4.78, 5) is 3.18. The summed E-state index contributed by atoms with van der Waals surface area (Å²) < 4.78 is 1.71. The van der Waals surface area contributed by atoms with Gasteiger partial charge in [0.05, 0.1) is 16.2 Å². The third-order valence-electron chi connectivity index (χ3n) is 4.39. The first-order valence-corrected chi connectivity index (χ1v) is 8.70. The Morgan fingerprint density at radius 3 is 2.65 bits per heavy atom. The quantitative estimate of drug-likeness (QED) is 0.454. The van der Waals surface area contributed by atoms with E-state index in [0.717, 1.165) is 32.9 Å². The van der Waals surface area contributed by atoms with Crippen molar-refractivity contribution in [2.24, 2.45) is 0 Å². The third kappa shape index (κ3) is 2.36. The van der Waals surface area contributed by atoms with Crippen LogP contribution in [-0.2, 0) is 0 Å². The van der Waals surface area contributed by atoms with Crippen LogP contribution in [0.5, 0.6) is 0 Å². The molecule has 3 aromatic carbocycles. The normalized spacial score (nSPS) is 11.5. The molecule has 126 valence electrons. The van der Waals surface area contributed by atoms with Crippen molar-refractivity contribution in [1.29, 1.82) is 0 Å². The first kappa shape index (κ1) is 15.4. The maximum atomic E-state index is 6.29. The van der Waals surface area contributed by atoms with Gasteiger partial charge in [-0.25, -0.2) is 0 Å². The molecule has 0 aliphatic carbocycles. The lowest BCUT2D eigenvalue weighted by atomic mass is 10.1. The molecule has 0 fully saturated rings. The molecule has 0 amide bonds. The van der Waals surface area contributed by atoms with Gasteiger partial charge < -0.3 is 4.98 Å². The molecular formula is C19H11Cl2N5. The van der Waals surface area contributed by atoms with Gasteiger partial charge in [0.2, 0.25) is 0 Å². The molecule has 0 spiro atoms. The zero-order valence-electron chi connectivity index (χ0n) is 13.3. The van der Waals surface area contributed by atoms with E-state index in [2.05, 4.69) is 44.8 Å². The number of hydrogen-bond donors (Lipinski definition) is 1. The lowest BCUT2D eigenvalue weighted by Crippen LogP contribution is -1.99. The minimum absolute atomic E-state index is 0.559. The van der Waals surface area contributed by atoms with E-state index in [4.69, 9.17) is 23.2 Å². The van der Waals surface area contributed by atoms with Crippen molar-refractivity contribution in [2.45, 2.75) is 0 Å². The largest absolute Gasteiger partial charge is 0.359 e. The molecule has 7 heteroatoms. The Labute approximate surface area is 158 Å². The summed E-state index contributed by atoms with van der Waals surface area (Å²) in [5.74, 6) is 0.616. The maximum absolute atomic E-state index is 6.29. The summed E-state index contributed by atoms with van der Waals surface area (Å²) in [5.41, 5.74) is 2.52. The average Bonchev–Trinajstić information content (AvgIpc) is 3.27. The van der Waals surface area contributed by atoms with Gasteiger partial charge in [-0.05, 0) is 45.5 Å². The molecule has 0 unspecified atom stereocenters. The minimum atomic E-state index is 0.559. The highest BCUT2D eigenvalue weighted by Crippen LogP contribution is 2.34. The molecule has 2 aromatic heterocycles. The fourth-order valence-electron chi connectivity index (χ4n) is 3.18. The minimum Gasteiger partial charge on any atom is -0.359 e. The van der Waals surface area contributed by atoms with E-state index in [1.54, 1.807) is 10.7 Å². The summed E-state index contributed by atoms with van der Waals surface area (Å²) >= 11 is 12.5. The SMILES string of the molecule is Clc1cc(Cl)c2[nH]cc(-c3nnnn3-c3ccc4ccccc4c3)c2c1. The van der Waals surface area contributed by atoms with Crippen molar-refractivity contribution in [3.8, 4) is 17.1 Å². The summed E-state index contributed by atoms with van der Waals surface area (Å²) in [6.45, 7) is 0. The number of aromatic nitrogens is 5. The zero-order chi connectivity index (χ0) is 17.7. The second-order valence-electron chi connectivity index (χ2n) is 5.96. The standard InChI is InChI=1S/C19H11Cl2N5/c20-13-8-15-16(10-22-18(15)17(21)9-13)19-23-24-25-26(19)14-6-5-11-3-1-2-4-12(11)7-14/h1-10,22H. The highest BCUT2D eigenvalue weighted by molar-refractivity contribution is 6.38. The number of fused-ring (bicyclic) bond motifs is 2. The molecule has 5 rings (SSSR count). The highest BCUT2D eigenvalue weighted by atomic mass is 35.5. The highest BCUT2D eigenvalue weighted by Gasteiger charge is 2.17. The summed E-state index contributed by atoms with van der Waals surface area (Å²) in [7, 11) is 0. The number of benzene rings is 3. The van der Waals surface area contributed by atoms with Gasteiger partial charge in [-0.1, -0.05) is 53.5 Å². The summed E-state index contributed by atoms with van der Waals surface area (Å²) in [5, 5.41) is 16.5. The fraction of sp³-hybridized carbons (Fsp3) is 0. The van der Waals surface area contributed by atoms with Gasteiger partial charge in [0.1, 0.15) is 0 Å². The van der Waals surface area contributed by atoms with Crippen LogP contribution < -0.4 is 0 Å². The first-order valence-electron chi connectivity index (χ1n) is 7.95. The van der Waals surface area contributed by atoms with Crippen LogP contribution in [0.3, 0.4) is 0 Å². The van der Waals surface area contributed by atoms with Gasteiger partial charge in [0.25, 0.3) is 0 Å². The number of H-pyrrole nitrogens is 1. The van der Waals surface area contributed by atoms with Crippen molar-refractivity contribution < 1.29 is 0 Å².